The monoisotopic (exact) mass is 197 g/mol. The second-order valence-electron chi connectivity index (χ2n) is 2.69. The van der Waals surface area contributed by atoms with Crippen LogP contribution >= 0.6 is 11.8 Å². The summed E-state index contributed by atoms with van der Waals surface area (Å²) in [5.41, 5.74) is 6.67. The molecule has 0 atom stereocenters. The van der Waals surface area contributed by atoms with Crippen LogP contribution in [0.5, 0.6) is 0 Å². The molecule has 0 unspecified atom stereocenters. The lowest BCUT2D eigenvalue weighted by atomic mass is 10.2. The molecule has 2 nitrogen and oxygen atoms in total. The van der Waals surface area contributed by atoms with E-state index in [2.05, 4.69) is 24.3 Å². The fraction of sp³-hybridized carbons (Fsp3) is 0.400. The van der Waals surface area contributed by atoms with Crippen LogP contribution in [0.3, 0.4) is 0 Å². The number of nitrogens with two attached hydrogens (primary N) is 1. The second-order valence-corrected chi connectivity index (χ2v) is 3.86. The Morgan fingerprint density at radius 1 is 1.31 bits per heavy atom. The highest BCUT2D eigenvalue weighted by Gasteiger charge is 1.93. The van der Waals surface area contributed by atoms with Gasteiger partial charge >= 0.3 is 0 Å². The fourth-order valence-corrected chi connectivity index (χ4v) is 1.78. The smallest absolute Gasteiger partial charge is 0.0556 e. The van der Waals surface area contributed by atoms with Crippen molar-refractivity contribution in [3.8, 4) is 0 Å². The van der Waals surface area contributed by atoms with E-state index in [1.165, 1.54) is 10.5 Å². The standard InChI is InChI=1S/C10H15NOS/c1-12-6-7-13-10-4-2-9(8-11)3-5-10/h2-5H,6-8,11H2,1H3. The molecule has 0 saturated carbocycles. The van der Waals surface area contributed by atoms with Crippen molar-refractivity contribution in [2.45, 2.75) is 11.4 Å². The van der Waals surface area contributed by atoms with Gasteiger partial charge in [0.15, 0.2) is 0 Å². The average molecular weight is 197 g/mol. The molecule has 0 saturated heterocycles. The molecule has 0 aliphatic carbocycles. The van der Waals surface area contributed by atoms with Crippen LogP contribution in [0.4, 0.5) is 0 Å². The molecular formula is C10H15NOS. The van der Waals surface area contributed by atoms with Gasteiger partial charge in [-0.1, -0.05) is 12.1 Å². The van der Waals surface area contributed by atoms with Crippen molar-refractivity contribution in [1.29, 1.82) is 0 Å². The number of rotatable bonds is 5. The van der Waals surface area contributed by atoms with Gasteiger partial charge in [-0.05, 0) is 17.7 Å². The van der Waals surface area contributed by atoms with Crippen molar-refractivity contribution in [3.63, 3.8) is 0 Å². The van der Waals surface area contributed by atoms with Gasteiger partial charge < -0.3 is 10.5 Å². The van der Waals surface area contributed by atoms with Gasteiger partial charge in [0.05, 0.1) is 6.61 Å². The van der Waals surface area contributed by atoms with E-state index in [0.717, 1.165) is 12.4 Å². The van der Waals surface area contributed by atoms with Crippen LogP contribution in [0.15, 0.2) is 29.2 Å². The number of methoxy groups -OCH3 is 1. The third-order valence-corrected chi connectivity index (χ3v) is 2.69. The molecule has 3 heteroatoms. The van der Waals surface area contributed by atoms with Gasteiger partial charge in [0.2, 0.25) is 0 Å². The number of benzene rings is 1. The normalized spacial score (nSPS) is 10.3. The highest BCUT2D eigenvalue weighted by Crippen LogP contribution is 2.17. The Balaban J connectivity index is 2.40. The van der Waals surface area contributed by atoms with Gasteiger partial charge in [0.25, 0.3) is 0 Å². The molecule has 1 aromatic carbocycles. The molecule has 0 amide bonds. The van der Waals surface area contributed by atoms with Gasteiger partial charge in [-0.3, -0.25) is 0 Å². The van der Waals surface area contributed by atoms with Crippen molar-refractivity contribution in [3.05, 3.63) is 29.8 Å². The van der Waals surface area contributed by atoms with Gasteiger partial charge in [-0.25, -0.2) is 0 Å². The van der Waals surface area contributed by atoms with E-state index in [-0.39, 0.29) is 0 Å². The molecule has 0 radical (unpaired) electrons. The quantitative estimate of drug-likeness (QED) is 0.578. The summed E-state index contributed by atoms with van der Waals surface area (Å²) in [6.45, 7) is 1.41. The Kier molecular flexibility index (Phi) is 4.90. The summed E-state index contributed by atoms with van der Waals surface area (Å²) < 4.78 is 4.97. The predicted octanol–water partition coefficient (Wildman–Crippen LogP) is 1.88. The van der Waals surface area contributed by atoms with E-state index in [1.807, 2.05) is 0 Å². The summed E-state index contributed by atoms with van der Waals surface area (Å²) in [6, 6.07) is 8.33. The van der Waals surface area contributed by atoms with Crippen LogP contribution < -0.4 is 5.73 Å². The first-order valence-electron chi connectivity index (χ1n) is 4.27. The van der Waals surface area contributed by atoms with Gasteiger partial charge in [-0.15, -0.1) is 11.8 Å². The summed E-state index contributed by atoms with van der Waals surface area (Å²) >= 11 is 1.80. The largest absolute Gasteiger partial charge is 0.384 e. The molecule has 13 heavy (non-hydrogen) atoms. The molecule has 2 N–H and O–H groups in total. The van der Waals surface area contributed by atoms with E-state index < -0.39 is 0 Å². The van der Waals surface area contributed by atoms with Crippen molar-refractivity contribution >= 4 is 11.8 Å². The number of ether oxygens (including phenoxy) is 1. The summed E-state index contributed by atoms with van der Waals surface area (Å²) in [5, 5.41) is 0. The second kappa shape index (κ2) is 6.02. The maximum atomic E-state index is 5.49. The summed E-state index contributed by atoms with van der Waals surface area (Å²) in [5.74, 6) is 0.998. The summed E-state index contributed by atoms with van der Waals surface area (Å²) in [4.78, 5) is 1.27. The van der Waals surface area contributed by atoms with E-state index in [4.69, 9.17) is 10.5 Å². The third kappa shape index (κ3) is 3.81. The topological polar surface area (TPSA) is 35.2 Å². The Bertz CT molecular complexity index is 235. The molecule has 1 rings (SSSR count). The predicted molar refractivity (Wildman–Crippen MR) is 56.9 cm³/mol. The highest BCUT2D eigenvalue weighted by atomic mass is 32.2. The maximum Gasteiger partial charge on any atom is 0.0556 e. The molecule has 72 valence electrons. The summed E-state index contributed by atoms with van der Waals surface area (Å²) in [6.07, 6.45) is 0. The number of hydrogen-bond acceptors (Lipinski definition) is 3. The zero-order chi connectivity index (χ0) is 9.52. The van der Waals surface area contributed by atoms with Crippen LogP contribution in [0, 0.1) is 0 Å². The Hall–Kier alpha value is -0.510. The van der Waals surface area contributed by atoms with E-state index >= 15 is 0 Å². The molecule has 0 aliphatic heterocycles. The zero-order valence-electron chi connectivity index (χ0n) is 7.82. The summed E-state index contributed by atoms with van der Waals surface area (Å²) in [7, 11) is 1.72. The molecule has 0 bridgehead atoms. The van der Waals surface area contributed by atoms with Crippen LogP contribution in [0.2, 0.25) is 0 Å². The van der Waals surface area contributed by atoms with E-state index in [9.17, 15) is 0 Å². The number of hydrogen-bond donors (Lipinski definition) is 1. The number of thioether (sulfide) groups is 1. The minimum Gasteiger partial charge on any atom is -0.384 e. The lowest BCUT2D eigenvalue weighted by Gasteiger charge is -2.01. The Labute approximate surface area is 83.5 Å². The van der Waals surface area contributed by atoms with Crippen molar-refractivity contribution in [2.75, 3.05) is 19.5 Å². The van der Waals surface area contributed by atoms with Crippen LogP contribution in [0.25, 0.3) is 0 Å². The third-order valence-electron chi connectivity index (χ3n) is 1.72. The molecule has 0 fully saturated rings. The molecule has 0 spiro atoms. The Morgan fingerprint density at radius 2 is 2.00 bits per heavy atom. The average Bonchev–Trinajstić information content (AvgIpc) is 2.19. The first-order chi connectivity index (χ1) is 6.36. The van der Waals surface area contributed by atoms with Crippen LogP contribution in [0.1, 0.15) is 5.56 Å². The van der Waals surface area contributed by atoms with Gasteiger partial charge in [0, 0.05) is 24.3 Å². The highest BCUT2D eigenvalue weighted by molar-refractivity contribution is 7.99. The Morgan fingerprint density at radius 3 is 2.54 bits per heavy atom. The maximum absolute atomic E-state index is 5.49. The lowest BCUT2D eigenvalue weighted by Crippen LogP contribution is -1.95. The molecule has 1 aromatic rings. The minimum atomic E-state index is 0.614. The molecular weight excluding hydrogens is 182 g/mol. The molecule has 0 aromatic heterocycles. The van der Waals surface area contributed by atoms with Crippen LogP contribution in [-0.2, 0) is 11.3 Å². The van der Waals surface area contributed by atoms with Gasteiger partial charge in [-0.2, -0.15) is 0 Å². The first-order valence-corrected chi connectivity index (χ1v) is 5.26. The van der Waals surface area contributed by atoms with Crippen molar-refractivity contribution < 1.29 is 4.74 Å². The van der Waals surface area contributed by atoms with E-state index in [1.54, 1.807) is 18.9 Å². The van der Waals surface area contributed by atoms with Crippen molar-refractivity contribution in [1.82, 2.24) is 0 Å². The van der Waals surface area contributed by atoms with E-state index in [0.29, 0.717) is 6.54 Å². The molecule has 0 heterocycles. The zero-order valence-corrected chi connectivity index (χ0v) is 8.64. The van der Waals surface area contributed by atoms with Crippen LogP contribution in [-0.4, -0.2) is 19.5 Å². The fourth-order valence-electron chi connectivity index (χ4n) is 0.965. The molecule has 0 aliphatic rings. The lowest BCUT2D eigenvalue weighted by molar-refractivity contribution is 0.218. The first kappa shape index (κ1) is 10.6. The SMILES string of the molecule is COCCSc1ccc(CN)cc1. The van der Waals surface area contributed by atoms with Crippen molar-refractivity contribution in [2.24, 2.45) is 5.73 Å². The van der Waals surface area contributed by atoms with Gasteiger partial charge in [0.1, 0.15) is 0 Å². The minimum absolute atomic E-state index is 0.614.